The molecule has 1 saturated heterocycles. The van der Waals surface area contributed by atoms with Gasteiger partial charge in [-0.25, -0.2) is 0 Å². The molecule has 1 aromatic heterocycles. The highest BCUT2D eigenvalue weighted by Crippen LogP contribution is 2.26. The van der Waals surface area contributed by atoms with E-state index in [-0.39, 0.29) is 29.9 Å². The van der Waals surface area contributed by atoms with E-state index in [1.165, 1.54) is 0 Å². The zero-order valence-electron chi connectivity index (χ0n) is 19.8. The Morgan fingerprint density at radius 1 is 1.21 bits per heavy atom. The third-order valence-electron chi connectivity index (χ3n) is 5.84. The van der Waals surface area contributed by atoms with Crippen LogP contribution in [0.3, 0.4) is 0 Å². The molecule has 10 heteroatoms. The maximum absolute atomic E-state index is 13.1. The molecule has 1 fully saturated rings. The lowest BCUT2D eigenvalue weighted by Gasteiger charge is -2.24. The Bertz CT molecular complexity index is 1060. The number of hydrogen-bond donors (Lipinski definition) is 5. The number of benzene rings is 1. The van der Waals surface area contributed by atoms with E-state index in [0.717, 1.165) is 10.9 Å². The number of primary amides is 1. The standard InChI is InChI=1S/C24H33N5O5/c1-4-34-20-7-5-6-16-15(20)12-19(27-16)24(33)29-18(10-13(2)3)23(32)28-17(21(25)30)11-14-8-9-26-22(14)31/h5-7,12-14,17-18,27H,4,8-11H2,1-3H3,(H2,25,30)(H,26,31)(H,28,32)(H,29,33)/t14?,17-,18-/m0/s1. The number of aromatic amines is 1. The number of fused-ring (bicyclic) bond motifs is 1. The van der Waals surface area contributed by atoms with E-state index in [1.807, 2.05) is 39.0 Å². The summed E-state index contributed by atoms with van der Waals surface area (Å²) in [4.78, 5) is 53.0. The minimum Gasteiger partial charge on any atom is -0.493 e. The molecule has 0 spiro atoms. The van der Waals surface area contributed by atoms with Crippen molar-refractivity contribution in [1.82, 2.24) is 20.9 Å². The van der Waals surface area contributed by atoms with Crippen LogP contribution in [0, 0.1) is 11.8 Å². The van der Waals surface area contributed by atoms with Crippen LogP contribution in [0.2, 0.25) is 0 Å². The van der Waals surface area contributed by atoms with Gasteiger partial charge >= 0.3 is 0 Å². The van der Waals surface area contributed by atoms with Crippen LogP contribution in [0.5, 0.6) is 5.75 Å². The van der Waals surface area contributed by atoms with Gasteiger partial charge < -0.3 is 31.4 Å². The number of nitrogens with one attached hydrogen (secondary N) is 4. The fourth-order valence-electron chi connectivity index (χ4n) is 4.14. The lowest BCUT2D eigenvalue weighted by atomic mass is 9.97. The summed E-state index contributed by atoms with van der Waals surface area (Å²) in [6.07, 6.45) is 1.06. The zero-order valence-corrected chi connectivity index (χ0v) is 19.8. The highest BCUT2D eigenvalue weighted by Gasteiger charge is 2.32. The lowest BCUT2D eigenvalue weighted by Crippen LogP contribution is -2.54. The first kappa shape index (κ1) is 25.1. The summed E-state index contributed by atoms with van der Waals surface area (Å²) in [6.45, 7) is 6.76. The molecule has 3 atom stereocenters. The van der Waals surface area contributed by atoms with Crippen molar-refractivity contribution in [1.29, 1.82) is 0 Å². The highest BCUT2D eigenvalue weighted by molar-refractivity contribution is 6.01. The van der Waals surface area contributed by atoms with Crippen molar-refractivity contribution in [3.8, 4) is 5.75 Å². The first-order chi connectivity index (χ1) is 16.2. The first-order valence-electron chi connectivity index (χ1n) is 11.6. The van der Waals surface area contributed by atoms with Crippen molar-refractivity contribution in [2.75, 3.05) is 13.2 Å². The molecule has 0 aliphatic carbocycles. The largest absolute Gasteiger partial charge is 0.493 e. The summed E-state index contributed by atoms with van der Waals surface area (Å²) in [5, 5.41) is 8.89. The Kier molecular flexibility index (Phi) is 8.14. The van der Waals surface area contributed by atoms with E-state index in [0.29, 0.717) is 31.7 Å². The number of aromatic nitrogens is 1. The number of amides is 4. The SMILES string of the molecule is CCOc1cccc2[nH]c(C(=O)N[C@@H](CC(C)C)C(=O)N[C@@H](CC3CCNC3=O)C(N)=O)cc12. The molecule has 3 rings (SSSR count). The van der Waals surface area contributed by atoms with Gasteiger partial charge in [-0.2, -0.15) is 0 Å². The molecule has 0 bridgehead atoms. The summed E-state index contributed by atoms with van der Waals surface area (Å²) in [6, 6.07) is 5.29. The molecule has 10 nitrogen and oxygen atoms in total. The van der Waals surface area contributed by atoms with E-state index in [4.69, 9.17) is 10.5 Å². The molecule has 2 aromatic rings. The smallest absolute Gasteiger partial charge is 0.268 e. The Balaban J connectivity index is 1.74. The Morgan fingerprint density at radius 3 is 2.59 bits per heavy atom. The molecule has 34 heavy (non-hydrogen) atoms. The number of H-pyrrole nitrogens is 1. The average molecular weight is 472 g/mol. The second kappa shape index (κ2) is 11.0. The number of rotatable bonds is 11. The van der Waals surface area contributed by atoms with Gasteiger partial charge in [-0.15, -0.1) is 0 Å². The molecule has 1 unspecified atom stereocenters. The van der Waals surface area contributed by atoms with E-state index in [1.54, 1.807) is 6.07 Å². The van der Waals surface area contributed by atoms with Crippen LogP contribution < -0.4 is 26.4 Å². The Labute approximate surface area is 198 Å². The monoisotopic (exact) mass is 471 g/mol. The van der Waals surface area contributed by atoms with E-state index >= 15 is 0 Å². The van der Waals surface area contributed by atoms with E-state index in [2.05, 4.69) is 20.9 Å². The van der Waals surface area contributed by atoms with Crippen LogP contribution in [0.15, 0.2) is 24.3 Å². The van der Waals surface area contributed by atoms with Crippen LogP contribution in [0.1, 0.15) is 50.5 Å². The van der Waals surface area contributed by atoms with Crippen LogP contribution in [-0.4, -0.2) is 53.8 Å². The molecule has 1 aromatic carbocycles. The fourth-order valence-corrected chi connectivity index (χ4v) is 4.14. The van der Waals surface area contributed by atoms with Gasteiger partial charge in [0.2, 0.25) is 17.7 Å². The highest BCUT2D eigenvalue weighted by atomic mass is 16.5. The molecule has 2 heterocycles. The zero-order chi connectivity index (χ0) is 24.8. The van der Waals surface area contributed by atoms with Crippen LogP contribution in [0.25, 0.3) is 10.9 Å². The number of carbonyl (C=O) groups excluding carboxylic acids is 4. The molecule has 0 saturated carbocycles. The summed E-state index contributed by atoms with van der Waals surface area (Å²) < 4.78 is 5.62. The number of nitrogens with two attached hydrogens (primary N) is 1. The predicted molar refractivity (Wildman–Crippen MR) is 127 cm³/mol. The summed E-state index contributed by atoms with van der Waals surface area (Å²) in [5.41, 5.74) is 6.52. The topological polar surface area (TPSA) is 155 Å². The minimum atomic E-state index is -1.00. The molecule has 1 aliphatic heterocycles. The van der Waals surface area contributed by atoms with Gasteiger partial charge in [0.15, 0.2) is 0 Å². The van der Waals surface area contributed by atoms with Gasteiger partial charge in [0.25, 0.3) is 5.91 Å². The number of ether oxygens (including phenoxy) is 1. The van der Waals surface area contributed by atoms with Crippen LogP contribution in [0.4, 0.5) is 0 Å². The fraction of sp³-hybridized carbons (Fsp3) is 0.500. The van der Waals surface area contributed by atoms with Crippen molar-refractivity contribution in [3.05, 3.63) is 30.0 Å². The quantitative estimate of drug-likeness (QED) is 0.333. The molecular weight excluding hydrogens is 438 g/mol. The van der Waals surface area contributed by atoms with Crippen LogP contribution in [-0.2, 0) is 14.4 Å². The third-order valence-corrected chi connectivity index (χ3v) is 5.84. The predicted octanol–water partition coefficient (Wildman–Crippen LogP) is 1.21. The van der Waals surface area contributed by atoms with Gasteiger partial charge in [0.1, 0.15) is 23.5 Å². The second-order valence-electron chi connectivity index (χ2n) is 8.96. The molecule has 184 valence electrons. The molecule has 4 amide bonds. The van der Waals surface area contributed by atoms with Gasteiger partial charge in [0, 0.05) is 23.4 Å². The molecule has 0 radical (unpaired) electrons. The first-order valence-corrected chi connectivity index (χ1v) is 11.6. The van der Waals surface area contributed by atoms with Crippen molar-refractivity contribution < 1.29 is 23.9 Å². The summed E-state index contributed by atoms with van der Waals surface area (Å²) in [5.74, 6) is -1.48. The number of carbonyl (C=O) groups is 4. The van der Waals surface area contributed by atoms with Crippen molar-refractivity contribution in [3.63, 3.8) is 0 Å². The number of hydrogen-bond acceptors (Lipinski definition) is 5. The van der Waals surface area contributed by atoms with Gasteiger partial charge in [-0.1, -0.05) is 19.9 Å². The van der Waals surface area contributed by atoms with E-state index < -0.39 is 29.8 Å². The third kappa shape index (κ3) is 6.06. The second-order valence-corrected chi connectivity index (χ2v) is 8.96. The van der Waals surface area contributed by atoms with Crippen LogP contribution >= 0.6 is 0 Å². The van der Waals surface area contributed by atoms with Gasteiger partial charge in [-0.05, 0) is 50.3 Å². The maximum atomic E-state index is 13.1. The Hall–Kier alpha value is -3.56. The Morgan fingerprint density at radius 2 is 1.97 bits per heavy atom. The summed E-state index contributed by atoms with van der Waals surface area (Å²) in [7, 11) is 0. The van der Waals surface area contributed by atoms with E-state index in [9.17, 15) is 19.2 Å². The van der Waals surface area contributed by atoms with Crippen molar-refractivity contribution >= 4 is 34.5 Å². The van der Waals surface area contributed by atoms with Gasteiger partial charge in [-0.3, -0.25) is 19.2 Å². The normalized spacial score (nSPS) is 17.3. The van der Waals surface area contributed by atoms with Crippen molar-refractivity contribution in [2.24, 2.45) is 17.6 Å². The lowest BCUT2D eigenvalue weighted by molar-refractivity contribution is -0.130. The average Bonchev–Trinajstić information content (AvgIpc) is 3.39. The van der Waals surface area contributed by atoms with Crippen molar-refractivity contribution in [2.45, 2.75) is 52.1 Å². The maximum Gasteiger partial charge on any atom is 0.268 e. The minimum absolute atomic E-state index is 0.0935. The molecule has 1 aliphatic rings. The van der Waals surface area contributed by atoms with Gasteiger partial charge in [0.05, 0.1) is 6.61 Å². The summed E-state index contributed by atoms with van der Waals surface area (Å²) >= 11 is 0. The molecule has 6 N–H and O–H groups in total. The molecular formula is C24H33N5O5.